The Bertz CT molecular complexity index is 304. The first-order valence-corrected chi connectivity index (χ1v) is 6.69. The summed E-state index contributed by atoms with van der Waals surface area (Å²) in [5.41, 5.74) is 1.17. The summed E-state index contributed by atoms with van der Waals surface area (Å²) in [6.45, 7) is 4.19. The number of nitrogens with one attached hydrogen (secondary N) is 1. The lowest BCUT2D eigenvalue weighted by Gasteiger charge is -2.14. The minimum atomic E-state index is 0.441. The number of pyridine rings is 1. The number of anilines is 1. The molecule has 4 heteroatoms. The maximum Gasteiger partial charge on any atom is 0.140 e. The quantitative estimate of drug-likeness (QED) is 0.912. The molecule has 0 fully saturated rings. The first-order chi connectivity index (χ1) is 6.63. The number of halogens is 1. The molecule has 1 atom stereocenters. The second-order valence-electron chi connectivity index (χ2n) is 3.34. The van der Waals surface area contributed by atoms with Crippen LogP contribution in [0.4, 0.5) is 5.82 Å². The molecule has 0 aromatic carbocycles. The van der Waals surface area contributed by atoms with Gasteiger partial charge in [0.1, 0.15) is 5.82 Å². The van der Waals surface area contributed by atoms with Gasteiger partial charge < -0.3 is 5.32 Å². The van der Waals surface area contributed by atoms with E-state index in [9.17, 15) is 0 Å². The molecule has 0 aliphatic carbocycles. The maximum atomic E-state index is 4.33. The molecule has 0 saturated heterocycles. The van der Waals surface area contributed by atoms with Crippen molar-refractivity contribution in [2.75, 3.05) is 17.3 Å². The molecule has 1 rings (SSSR count). The van der Waals surface area contributed by atoms with Gasteiger partial charge in [0.15, 0.2) is 0 Å². The van der Waals surface area contributed by atoms with Crippen molar-refractivity contribution in [3.05, 3.63) is 22.3 Å². The second-order valence-corrected chi connectivity index (χ2v) is 5.11. The summed E-state index contributed by atoms with van der Waals surface area (Å²) in [4.78, 5) is 4.33. The standard InChI is InChI=1S/C10H15BrN2S/c1-7-4-9(11)10(12-5-7)13-8(2)6-14-3/h4-5,8H,6H2,1-3H3,(H,12,13). The van der Waals surface area contributed by atoms with Crippen LogP contribution in [0.15, 0.2) is 16.7 Å². The summed E-state index contributed by atoms with van der Waals surface area (Å²) < 4.78 is 1.03. The Balaban J connectivity index is 2.67. The van der Waals surface area contributed by atoms with Crippen molar-refractivity contribution in [1.82, 2.24) is 4.98 Å². The Morgan fingerprint density at radius 2 is 2.36 bits per heavy atom. The molecule has 2 nitrogen and oxygen atoms in total. The smallest absolute Gasteiger partial charge is 0.140 e. The van der Waals surface area contributed by atoms with E-state index in [4.69, 9.17) is 0 Å². The molecular weight excluding hydrogens is 260 g/mol. The third kappa shape index (κ3) is 3.50. The molecule has 1 N–H and O–H groups in total. The summed E-state index contributed by atoms with van der Waals surface area (Å²) in [5.74, 6) is 2.01. The molecule has 0 radical (unpaired) electrons. The highest BCUT2D eigenvalue weighted by atomic mass is 79.9. The van der Waals surface area contributed by atoms with E-state index < -0.39 is 0 Å². The van der Waals surface area contributed by atoms with E-state index in [0.717, 1.165) is 16.0 Å². The van der Waals surface area contributed by atoms with E-state index in [-0.39, 0.29) is 0 Å². The number of thioether (sulfide) groups is 1. The normalized spacial score (nSPS) is 12.6. The summed E-state index contributed by atoms with van der Waals surface area (Å²) in [5, 5.41) is 3.36. The van der Waals surface area contributed by atoms with Gasteiger partial charge in [0, 0.05) is 18.0 Å². The first kappa shape index (κ1) is 11.9. The third-order valence-corrected chi connectivity index (χ3v) is 3.22. The van der Waals surface area contributed by atoms with Crippen LogP contribution in [0.2, 0.25) is 0 Å². The average Bonchev–Trinajstić information content (AvgIpc) is 2.10. The van der Waals surface area contributed by atoms with E-state index in [1.807, 2.05) is 24.9 Å². The van der Waals surface area contributed by atoms with Crippen LogP contribution in [0, 0.1) is 6.92 Å². The third-order valence-electron chi connectivity index (χ3n) is 1.78. The largest absolute Gasteiger partial charge is 0.366 e. The Hall–Kier alpha value is -0.220. The maximum absolute atomic E-state index is 4.33. The minimum absolute atomic E-state index is 0.441. The van der Waals surface area contributed by atoms with Gasteiger partial charge in [-0.1, -0.05) is 0 Å². The second kappa shape index (κ2) is 5.61. The molecule has 0 bridgehead atoms. The van der Waals surface area contributed by atoms with Crippen LogP contribution in [0.5, 0.6) is 0 Å². The Morgan fingerprint density at radius 1 is 1.64 bits per heavy atom. The van der Waals surface area contributed by atoms with Gasteiger partial charge in [0.05, 0.1) is 4.47 Å². The highest BCUT2D eigenvalue weighted by molar-refractivity contribution is 9.10. The molecule has 1 aromatic heterocycles. The number of aromatic nitrogens is 1. The van der Waals surface area contributed by atoms with Crippen molar-refractivity contribution in [2.24, 2.45) is 0 Å². The van der Waals surface area contributed by atoms with Gasteiger partial charge in [-0.05, 0) is 47.7 Å². The number of aryl methyl sites for hydroxylation is 1. The fourth-order valence-electron chi connectivity index (χ4n) is 1.16. The van der Waals surface area contributed by atoms with Crippen molar-refractivity contribution >= 4 is 33.5 Å². The van der Waals surface area contributed by atoms with Gasteiger partial charge in [0.2, 0.25) is 0 Å². The zero-order valence-electron chi connectivity index (χ0n) is 8.67. The van der Waals surface area contributed by atoms with Crippen molar-refractivity contribution in [1.29, 1.82) is 0 Å². The van der Waals surface area contributed by atoms with E-state index in [1.54, 1.807) is 0 Å². The molecule has 0 spiro atoms. The Morgan fingerprint density at radius 3 is 2.93 bits per heavy atom. The van der Waals surface area contributed by atoms with Gasteiger partial charge in [-0.2, -0.15) is 11.8 Å². The highest BCUT2D eigenvalue weighted by Gasteiger charge is 2.05. The van der Waals surface area contributed by atoms with Crippen LogP contribution in [0.1, 0.15) is 12.5 Å². The number of rotatable bonds is 4. The summed E-state index contributed by atoms with van der Waals surface area (Å²) in [6, 6.07) is 2.51. The zero-order valence-corrected chi connectivity index (χ0v) is 11.1. The van der Waals surface area contributed by atoms with E-state index in [1.165, 1.54) is 5.56 Å². The van der Waals surface area contributed by atoms with Crippen LogP contribution in [0.3, 0.4) is 0 Å². The van der Waals surface area contributed by atoms with Crippen LogP contribution >= 0.6 is 27.7 Å². The molecule has 0 aliphatic rings. The van der Waals surface area contributed by atoms with Gasteiger partial charge in [-0.3, -0.25) is 0 Å². The van der Waals surface area contributed by atoms with Crippen molar-refractivity contribution in [3.63, 3.8) is 0 Å². The van der Waals surface area contributed by atoms with E-state index in [0.29, 0.717) is 6.04 Å². The zero-order chi connectivity index (χ0) is 10.6. The first-order valence-electron chi connectivity index (χ1n) is 4.51. The van der Waals surface area contributed by atoms with Crippen LogP contribution < -0.4 is 5.32 Å². The lowest BCUT2D eigenvalue weighted by atomic mass is 10.3. The Kier molecular flexibility index (Phi) is 4.75. The predicted octanol–water partition coefficient (Wildman–Crippen LogP) is 3.32. The molecule has 0 amide bonds. The van der Waals surface area contributed by atoms with Crippen LogP contribution in [0.25, 0.3) is 0 Å². The lowest BCUT2D eigenvalue weighted by Crippen LogP contribution is -2.18. The summed E-state index contributed by atoms with van der Waals surface area (Å²) in [7, 11) is 0. The van der Waals surface area contributed by atoms with Gasteiger partial charge >= 0.3 is 0 Å². The number of hydrogen-bond donors (Lipinski definition) is 1. The summed E-state index contributed by atoms with van der Waals surface area (Å²) >= 11 is 5.33. The van der Waals surface area contributed by atoms with Crippen LogP contribution in [-0.4, -0.2) is 23.0 Å². The molecule has 1 heterocycles. The number of nitrogens with zero attached hydrogens (tertiary/aromatic N) is 1. The molecule has 1 unspecified atom stereocenters. The van der Waals surface area contributed by atoms with E-state index >= 15 is 0 Å². The molecule has 78 valence electrons. The van der Waals surface area contributed by atoms with Crippen molar-refractivity contribution < 1.29 is 0 Å². The topological polar surface area (TPSA) is 24.9 Å². The predicted molar refractivity (Wildman–Crippen MR) is 68.1 cm³/mol. The SMILES string of the molecule is CSCC(C)Nc1ncc(C)cc1Br. The van der Waals surface area contributed by atoms with Crippen molar-refractivity contribution in [3.8, 4) is 0 Å². The molecule has 0 aliphatic heterocycles. The monoisotopic (exact) mass is 274 g/mol. The fraction of sp³-hybridized carbons (Fsp3) is 0.500. The fourth-order valence-corrected chi connectivity index (χ4v) is 2.33. The molecule has 0 saturated carbocycles. The van der Waals surface area contributed by atoms with Gasteiger partial charge in [-0.25, -0.2) is 4.98 Å². The minimum Gasteiger partial charge on any atom is -0.366 e. The van der Waals surface area contributed by atoms with E-state index in [2.05, 4.69) is 45.5 Å². The van der Waals surface area contributed by atoms with Crippen molar-refractivity contribution in [2.45, 2.75) is 19.9 Å². The molecular formula is C10H15BrN2S. The highest BCUT2D eigenvalue weighted by Crippen LogP contribution is 2.21. The average molecular weight is 275 g/mol. The molecule has 14 heavy (non-hydrogen) atoms. The molecule has 1 aromatic rings. The van der Waals surface area contributed by atoms with Crippen LogP contribution in [-0.2, 0) is 0 Å². The van der Waals surface area contributed by atoms with Gasteiger partial charge in [0.25, 0.3) is 0 Å². The number of hydrogen-bond acceptors (Lipinski definition) is 3. The Labute approximate surface area is 98.0 Å². The summed E-state index contributed by atoms with van der Waals surface area (Å²) in [6.07, 6.45) is 3.98. The lowest BCUT2D eigenvalue weighted by molar-refractivity contribution is 0.900. The van der Waals surface area contributed by atoms with Gasteiger partial charge in [-0.15, -0.1) is 0 Å².